The molecule has 0 saturated carbocycles. The number of ether oxygens (including phenoxy) is 1. The Hall–Kier alpha value is -3.72. The van der Waals surface area contributed by atoms with Crippen molar-refractivity contribution in [2.24, 2.45) is 5.92 Å². The minimum Gasteiger partial charge on any atom is -0.481 e. The Bertz CT molecular complexity index is 1180. The minimum absolute atomic E-state index is 0.0496. The number of fused-ring (bicyclic) bond motifs is 3. The van der Waals surface area contributed by atoms with Gasteiger partial charge in [0.25, 0.3) is 5.91 Å². The molecule has 0 saturated heterocycles. The largest absolute Gasteiger partial charge is 0.481 e. The summed E-state index contributed by atoms with van der Waals surface area (Å²) in [6, 6.07) is 15.6. The van der Waals surface area contributed by atoms with Gasteiger partial charge < -0.3 is 15.2 Å². The first kappa shape index (κ1) is 23.4. The quantitative estimate of drug-likeness (QED) is 0.430. The molecule has 0 fully saturated rings. The van der Waals surface area contributed by atoms with Crippen molar-refractivity contribution in [2.45, 2.75) is 32.2 Å². The van der Waals surface area contributed by atoms with Crippen LogP contribution in [-0.2, 0) is 9.53 Å². The van der Waals surface area contributed by atoms with E-state index in [1.165, 1.54) is 6.20 Å². The molecule has 2 aromatic carbocycles. The van der Waals surface area contributed by atoms with E-state index in [0.29, 0.717) is 0 Å². The van der Waals surface area contributed by atoms with Crippen LogP contribution in [0.4, 0.5) is 9.93 Å². The summed E-state index contributed by atoms with van der Waals surface area (Å²) in [5, 5.41) is 14.5. The Balaban J connectivity index is 1.36. The first-order valence-electron chi connectivity index (χ1n) is 10.9. The third-order valence-corrected chi connectivity index (χ3v) is 6.71. The molecule has 1 aliphatic rings. The van der Waals surface area contributed by atoms with Gasteiger partial charge in [-0.25, -0.2) is 9.78 Å². The Morgan fingerprint density at radius 3 is 2.26 bits per heavy atom. The molecule has 1 aliphatic carbocycles. The first-order chi connectivity index (χ1) is 16.3. The van der Waals surface area contributed by atoms with Gasteiger partial charge in [0.15, 0.2) is 5.13 Å². The standard InChI is InChI=1S/C25H25N3O5S/c1-14(2)20(11-22(29)30)27-23(31)21-12-26-24(34-21)28-25(32)33-13-19-17-9-5-3-7-15(17)16-8-4-6-10-18(16)19/h3-10,12,14,19-20H,11,13H2,1-2H3,(H,27,31)(H,29,30)(H,26,28,32). The van der Waals surface area contributed by atoms with Crippen LogP contribution in [0.3, 0.4) is 0 Å². The van der Waals surface area contributed by atoms with Crippen LogP contribution in [0.2, 0.25) is 0 Å². The van der Waals surface area contributed by atoms with E-state index in [9.17, 15) is 14.4 Å². The molecule has 3 aromatic rings. The highest BCUT2D eigenvalue weighted by atomic mass is 32.1. The third-order valence-electron chi connectivity index (χ3n) is 5.80. The molecule has 0 aliphatic heterocycles. The van der Waals surface area contributed by atoms with Gasteiger partial charge in [-0.3, -0.25) is 14.9 Å². The van der Waals surface area contributed by atoms with Gasteiger partial charge in [-0.05, 0) is 28.2 Å². The van der Waals surface area contributed by atoms with Gasteiger partial charge in [0.05, 0.1) is 12.6 Å². The number of nitrogens with one attached hydrogen (secondary N) is 2. The lowest BCUT2D eigenvalue weighted by Gasteiger charge is -2.19. The van der Waals surface area contributed by atoms with Gasteiger partial charge in [-0.2, -0.15) is 0 Å². The SMILES string of the molecule is CC(C)C(CC(=O)O)NC(=O)c1cnc(NC(=O)OCC2c3ccccc3-c3ccccc32)s1. The van der Waals surface area contributed by atoms with E-state index in [4.69, 9.17) is 9.84 Å². The molecular formula is C25H25N3O5S. The Morgan fingerprint density at radius 1 is 1.06 bits per heavy atom. The fraction of sp³-hybridized carbons (Fsp3) is 0.280. The molecule has 0 bridgehead atoms. The fourth-order valence-electron chi connectivity index (χ4n) is 4.04. The molecule has 9 heteroatoms. The maximum atomic E-state index is 12.5. The van der Waals surface area contributed by atoms with Gasteiger partial charge in [0.1, 0.15) is 11.5 Å². The Morgan fingerprint density at radius 2 is 1.68 bits per heavy atom. The summed E-state index contributed by atoms with van der Waals surface area (Å²) in [7, 11) is 0. The molecule has 1 heterocycles. The number of rotatable bonds is 8. The number of hydrogen-bond acceptors (Lipinski definition) is 6. The number of thiazole rings is 1. The van der Waals surface area contributed by atoms with Gasteiger partial charge in [0.2, 0.25) is 0 Å². The van der Waals surface area contributed by atoms with Crippen LogP contribution in [0.15, 0.2) is 54.7 Å². The lowest BCUT2D eigenvalue weighted by atomic mass is 9.98. The summed E-state index contributed by atoms with van der Waals surface area (Å²) < 4.78 is 5.50. The van der Waals surface area contributed by atoms with Crippen molar-refractivity contribution in [2.75, 3.05) is 11.9 Å². The molecule has 1 atom stereocenters. The number of carboxylic acid groups (broad SMARTS) is 1. The average Bonchev–Trinajstić information content (AvgIpc) is 3.39. The van der Waals surface area contributed by atoms with E-state index in [1.54, 1.807) is 0 Å². The monoisotopic (exact) mass is 479 g/mol. The first-order valence-corrected chi connectivity index (χ1v) is 11.8. The second-order valence-corrected chi connectivity index (χ2v) is 9.43. The number of hydrogen-bond donors (Lipinski definition) is 3. The summed E-state index contributed by atoms with van der Waals surface area (Å²) in [5.74, 6) is -1.52. The predicted octanol–water partition coefficient (Wildman–Crippen LogP) is 4.73. The van der Waals surface area contributed by atoms with Crippen LogP contribution in [-0.4, -0.2) is 40.7 Å². The molecule has 176 valence electrons. The number of amides is 2. The molecule has 2 amide bonds. The summed E-state index contributed by atoms with van der Waals surface area (Å²) in [6.45, 7) is 3.85. The number of carbonyl (C=O) groups is 3. The van der Waals surface area contributed by atoms with Crippen LogP contribution >= 0.6 is 11.3 Å². The lowest BCUT2D eigenvalue weighted by Crippen LogP contribution is -2.39. The van der Waals surface area contributed by atoms with Crippen LogP contribution in [0.1, 0.15) is 47.0 Å². The van der Waals surface area contributed by atoms with E-state index >= 15 is 0 Å². The summed E-state index contributed by atoms with van der Waals surface area (Å²) in [6.07, 6.45) is 0.513. The number of benzene rings is 2. The van der Waals surface area contributed by atoms with Crippen molar-refractivity contribution in [1.29, 1.82) is 0 Å². The van der Waals surface area contributed by atoms with E-state index in [2.05, 4.69) is 27.8 Å². The Labute approximate surface area is 201 Å². The number of aliphatic carboxylic acids is 1. The van der Waals surface area contributed by atoms with E-state index in [1.807, 2.05) is 50.2 Å². The van der Waals surface area contributed by atoms with Crippen molar-refractivity contribution >= 4 is 34.4 Å². The molecule has 0 radical (unpaired) electrons. The number of nitrogens with zero attached hydrogens (tertiary/aromatic N) is 1. The van der Waals surface area contributed by atoms with Crippen molar-refractivity contribution < 1.29 is 24.2 Å². The molecule has 8 nitrogen and oxygen atoms in total. The van der Waals surface area contributed by atoms with E-state index in [-0.39, 0.29) is 34.9 Å². The van der Waals surface area contributed by atoms with Crippen LogP contribution in [0, 0.1) is 5.92 Å². The van der Waals surface area contributed by atoms with Gasteiger partial charge >= 0.3 is 12.1 Å². The Kier molecular flexibility index (Phi) is 6.93. The number of aromatic nitrogens is 1. The van der Waals surface area contributed by atoms with Crippen LogP contribution in [0.5, 0.6) is 0 Å². The van der Waals surface area contributed by atoms with Crippen molar-refractivity contribution in [1.82, 2.24) is 10.3 Å². The molecule has 3 N–H and O–H groups in total. The second-order valence-electron chi connectivity index (χ2n) is 8.40. The maximum Gasteiger partial charge on any atom is 0.413 e. The molecule has 1 aromatic heterocycles. The molecule has 0 spiro atoms. The predicted molar refractivity (Wildman–Crippen MR) is 129 cm³/mol. The van der Waals surface area contributed by atoms with Crippen LogP contribution in [0.25, 0.3) is 11.1 Å². The van der Waals surface area contributed by atoms with Crippen molar-refractivity contribution in [3.8, 4) is 11.1 Å². The van der Waals surface area contributed by atoms with Gasteiger partial charge in [-0.1, -0.05) is 73.7 Å². The summed E-state index contributed by atoms with van der Waals surface area (Å²) >= 11 is 0.995. The smallest absolute Gasteiger partial charge is 0.413 e. The summed E-state index contributed by atoms with van der Waals surface area (Å²) in [4.78, 5) is 40.3. The maximum absolute atomic E-state index is 12.5. The molecule has 1 unspecified atom stereocenters. The van der Waals surface area contributed by atoms with Crippen molar-refractivity contribution in [3.05, 3.63) is 70.7 Å². The number of carbonyl (C=O) groups excluding carboxylic acids is 2. The molecular weight excluding hydrogens is 454 g/mol. The topological polar surface area (TPSA) is 118 Å². The molecule has 34 heavy (non-hydrogen) atoms. The highest BCUT2D eigenvalue weighted by Crippen LogP contribution is 2.44. The normalized spacial score (nSPS) is 13.1. The zero-order chi connectivity index (χ0) is 24.2. The average molecular weight is 480 g/mol. The zero-order valence-electron chi connectivity index (χ0n) is 18.8. The van der Waals surface area contributed by atoms with Gasteiger partial charge in [0, 0.05) is 12.0 Å². The highest BCUT2D eigenvalue weighted by molar-refractivity contribution is 7.17. The number of carboxylic acids is 1. The minimum atomic E-state index is -0.985. The van der Waals surface area contributed by atoms with Crippen LogP contribution < -0.4 is 10.6 Å². The zero-order valence-corrected chi connectivity index (χ0v) is 19.6. The van der Waals surface area contributed by atoms with Gasteiger partial charge in [-0.15, -0.1) is 0 Å². The highest BCUT2D eigenvalue weighted by Gasteiger charge is 2.29. The number of anilines is 1. The molecule has 4 rings (SSSR count). The fourth-order valence-corrected chi connectivity index (χ4v) is 4.74. The third kappa shape index (κ3) is 5.09. The van der Waals surface area contributed by atoms with E-state index < -0.39 is 24.0 Å². The van der Waals surface area contributed by atoms with E-state index in [0.717, 1.165) is 33.6 Å². The lowest BCUT2D eigenvalue weighted by molar-refractivity contribution is -0.137. The van der Waals surface area contributed by atoms with Crippen molar-refractivity contribution in [3.63, 3.8) is 0 Å². The second kappa shape index (κ2) is 10.0. The summed E-state index contributed by atoms with van der Waals surface area (Å²) in [5.41, 5.74) is 4.52.